The lowest BCUT2D eigenvalue weighted by Gasteiger charge is -2.21. The van der Waals surface area contributed by atoms with Crippen LogP contribution in [0.3, 0.4) is 0 Å². The maximum absolute atomic E-state index is 12.0. The molecule has 4 nitrogen and oxygen atoms in total. The van der Waals surface area contributed by atoms with Crippen molar-refractivity contribution in [3.63, 3.8) is 0 Å². The van der Waals surface area contributed by atoms with Crippen molar-refractivity contribution >= 4 is 6.03 Å². The van der Waals surface area contributed by atoms with Crippen LogP contribution < -0.4 is 5.32 Å². The Morgan fingerprint density at radius 2 is 2.00 bits per heavy atom. The summed E-state index contributed by atoms with van der Waals surface area (Å²) in [6.45, 7) is 0.960. The third-order valence-corrected chi connectivity index (χ3v) is 2.23. The number of nitrogens with zero attached hydrogens (tertiary/aromatic N) is 2. The molecule has 1 N–H and O–H groups in total. The smallest absolute Gasteiger partial charge is 0.329 e. The number of hydrogen-bond acceptors (Lipinski definition) is 2. The number of halogens is 3. The maximum Gasteiger partial charge on any atom is 0.405 e. The van der Waals surface area contributed by atoms with Gasteiger partial charge in [-0.25, -0.2) is 4.79 Å². The molecule has 1 aromatic heterocycles. The zero-order chi connectivity index (χ0) is 13.6. The maximum atomic E-state index is 12.0. The van der Waals surface area contributed by atoms with E-state index in [1.165, 1.54) is 4.90 Å². The molecule has 0 spiro atoms. The minimum atomic E-state index is -4.40. The van der Waals surface area contributed by atoms with Crippen molar-refractivity contribution in [2.24, 2.45) is 0 Å². The van der Waals surface area contributed by atoms with Gasteiger partial charge in [-0.15, -0.1) is 0 Å². The van der Waals surface area contributed by atoms with E-state index in [4.69, 9.17) is 0 Å². The van der Waals surface area contributed by atoms with Gasteiger partial charge in [-0.05, 0) is 24.6 Å². The minimum Gasteiger partial charge on any atom is -0.329 e. The summed E-state index contributed by atoms with van der Waals surface area (Å²) in [6, 6.07) is 2.69. The average molecular weight is 261 g/mol. The Kier molecular flexibility index (Phi) is 4.94. The van der Waals surface area contributed by atoms with E-state index in [1.807, 2.05) is 5.32 Å². The molecular weight excluding hydrogens is 247 g/mol. The Hall–Kier alpha value is -1.79. The van der Waals surface area contributed by atoms with E-state index in [-0.39, 0.29) is 6.54 Å². The molecule has 1 heterocycles. The standard InChI is InChI=1S/C11H14F3N3O/c1-2-17(7-9-3-5-15-6-4-9)10(18)16-8-11(12,13)14/h3-6H,2,7-8H2,1H3,(H,16,18). The van der Waals surface area contributed by atoms with Gasteiger partial charge in [0.2, 0.25) is 0 Å². The zero-order valence-corrected chi connectivity index (χ0v) is 9.87. The molecule has 0 aliphatic rings. The monoisotopic (exact) mass is 261 g/mol. The summed E-state index contributed by atoms with van der Waals surface area (Å²) in [7, 11) is 0. The molecule has 0 aromatic carbocycles. The highest BCUT2D eigenvalue weighted by Crippen LogP contribution is 2.12. The molecular formula is C11H14F3N3O. The number of aromatic nitrogens is 1. The lowest BCUT2D eigenvalue weighted by atomic mass is 10.2. The predicted octanol–water partition coefficient (Wildman–Crippen LogP) is 2.18. The van der Waals surface area contributed by atoms with Gasteiger partial charge in [0.1, 0.15) is 6.54 Å². The molecule has 2 amide bonds. The minimum absolute atomic E-state index is 0.253. The van der Waals surface area contributed by atoms with E-state index in [0.717, 1.165) is 5.56 Å². The van der Waals surface area contributed by atoms with Crippen LogP contribution in [0.5, 0.6) is 0 Å². The number of amides is 2. The Bertz CT molecular complexity index is 381. The summed E-state index contributed by atoms with van der Waals surface area (Å²) in [5, 5.41) is 1.84. The molecule has 1 aromatic rings. The number of hydrogen-bond donors (Lipinski definition) is 1. The quantitative estimate of drug-likeness (QED) is 0.902. The van der Waals surface area contributed by atoms with Crippen molar-refractivity contribution in [2.75, 3.05) is 13.1 Å². The van der Waals surface area contributed by atoms with Crippen molar-refractivity contribution < 1.29 is 18.0 Å². The van der Waals surface area contributed by atoms with E-state index in [1.54, 1.807) is 31.5 Å². The number of pyridine rings is 1. The van der Waals surface area contributed by atoms with E-state index in [9.17, 15) is 18.0 Å². The summed E-state index contributed by atoms with van der Waals surface area (Å²) < 4.78 is 35.9. The highest BCUT2D eigenvalue weighted by Gasteiger charge is 2.28. The van der Waals surface area contributed by atoms with Gasteiger partial charge in [0.15, 0.2) is 0 Å². The molecule has 0 fully saturated rings. The molecule has 0 radical (unpaired) electrons. The molecule has 0 unspecified atom stereocenters. The number of urea groups is 1. The van der Waals surface area contributed by atoms with Crippen LogP contribution >= 0.6 is 0 Å². The summed E-state index contributed by atoms with van der Waals surface area (Å²) in [5.74, 6) is 0. The first-order chi connectivity index (χ1) is 8.42. The molecule has 7 heteroatoms. The average Bonchev–Trinajstić information content (AvgIpc) is 2.33. The topological polar surface area (TPSA) is 45.2 Å². The summed E-state index contributed by atoms with van der Waals surface area (Å²) >= 11 is 0. The van der Waals surface area contributed by atoms with Crippen LogP contribution in [0.15, 0.2) is 24.5 Å². The van der Waals surface area contributed by atoms with Crippen LogP contribution in [0.25, 0.3) is 0 Å². The third-order valence-electron chi connectivity index (χ3n) is 2.23. The Labute approximate surface area is 103 Å². The van der Waals surface area contributed by atoms with Gasteiger partial charge in [-0.3, -0.25) is 4.98 Å². The third kappa shape index (κ3) is 5.03. The molecule has 0 atom stereocenters. The number of alkyl halides is 3. The number of carbonyl (C=O) groups is 1. The molecule has 0 saturated carbocycles. The molecule has 0 aliphatic heterocycles. The molecule has 0 saturated heterocycles. The molecule has 1 rings (SSSR count). The van der Waals surface area contributed by atoms with Crippen LogP contribution in [-0.2, 0) is 6.54 Å². The fraction of sp³-hybridized carbons (Fsp3) is 0.455. The number of nitrogens with one attached hydrogen (secondary N) is 1. The second-order valence-corrected chi connectivity index (χ2v) is 3.64. The van der Waals surface area contributed by atoms with E-state index in [0.29, 0.717) is 6.54 Å². The lowest BCUT2D eigenvalue weighted by Crippen LogP contribution is -2.43. The van der Waals surface area contributed by atoms with Crippen LogP contribution in [0.4, 0.5) is 18.0 Å². The van der Waals surface area contributed by atoms with Crippen molar-refractivity contribution in [2.45, 2.75) is 19.6 Å². The van der Waals surface area contributed by atoms with Gasteiger partial charge in [-0.2, -0.15) is 13.2 Å². The number of carbonyl (C=O) groups excluding carboxylic acids is 1. The van der Waals surface area contributed by atoms with Crippen molar-refractivity contribution in [3.05, 3.63) is 30.1 Å². The largest absolute Gasteiger partial charge is 0.405 e. The SMILES string of the molecule is CCN(Cc1ccncc1)C(=O)NCC(F)(F)F. The van der Waals surface area contributed by atoms with E-state index < -0.39 is 18.8 Å². The van der Waals surface area contributed by atoms with Crippen LogP contribution in [0.1, 0.15) is 12.5 Å². The normalized spacial score (nSPS) is 11.1. The van der Waals surface area contributed by atoms with Gasteiger partial charge in [-0.1, -0.05) is 0 Å². The second kappa shape index (κ2) is 6.23. The first kappa shape index (κ1) is 14.3. The highest BCUT2D eigenvalue weighted by molar-refractivity contribution is 5.74. The van der Waals surface area contributed by atoms with Crippen LogP contribution in [-0.4, -0.2) is 35.2 Å². The second-order valence-electron chi connectivity index (χ2n) is 3.64. The first-order valence-corrected chi connectivity index (χ1v) is 5.41. The highest BCUT2D eigenvalue weighted by atomic mass is 19.4. The molecule has 18 heavy (non-hydrogen) atoms. The van der Waals surface area contributed by atoms with E-state index >= 15 is 0 Å². The van der Waals surface area contributed by atoms with Gasteiger partial charge in [0, 0.05) is 25.5 Å². The fourth-order valence-corrected chi connectivity index (χ4v) is 1.32. The van der Waals surface area contributed by atoms with Gasteiger partial charge in [0.05, 0.1) is 0 Å². The predicted molar refractivity (Wildman–Crippen MR) is 59.8 cm³/mol. The van der Waals surface area contributed by atoms with E-state index in [2.05, 4.69) is 4.98 Å². The molecule has 100 valence electrons. The number of rotatable bonds is 4. The van der Waals surface area contributed by atoms with Gasteiger partial charge in [0.25, 0.3) is 0 Å². The summed E-state index contributed by atoms with van der Waals surface area (Å²) in [5.41, 5.74) is 0.814. The first-order valence-electron chi connectivity index (χ1n) is 5.41. The Morgan fingerprint density at radius 3 is 2.50 bits per heavy atom. The van der Waals surface area contributed by atoms with Gasteiger partial charge < -0.3 is 10.2 Å². The van der Waals surface area contributed by atoms with Crippen LogP contribution in [0.2, 0.25) is 0 Å². The summed E-state index contributed by atoms with van der Waals surface area (Å²) in [4.78, 5) is 16.6. The van der Waals surface area contributed by atoms with Crippen LogP contribution in [0, 0.1) is 0 Å². The van der Waals surface area contributed by atoms with Crippen molar-refractivity contribution in [1.82, 2.24) is 15.2 Å². The van der Waals surface area contributed by atoms with Gasteiger partial charge >= 0.3 is 12.2 Å². The Balaban J connectivity index is 2.53. The summed E-state index contributed by atoms with van der Waals surface area (Å²) in [6.07, 6.45) is -1.26. The van der Waals surface area contributed by atoms with Crippen molar-refractivity contribution in [3.8, 4) is 0 Å². The zero-order valence-electron chi connectivity index (χ0n) is 9.87. The Morgan fingerprint density at radius 1 is 1.39 bits per heavy atom. The van der Waals surface area contributed by atoms with Crippen molar-refractivity contribution in [1.29, 1.82) is 0 Å². The fourth-order valence-electron chi connectivity index (χ4n) is 1.32. The molecule has 0 bridgehead atoms. The molecule has 0 aliphatic carbocycles. The lowest BCUT2D eigenvalue weighted by molar-refractivity contribution is -0.123.